The Balaban J connectivity index is 1.69. The topological polar surface area (TPSA) is 54.5 Å². The van der Waals surface area contributed by atoms with E-state index in [1.54, 1.807) is 25.6 Å². The van der Waals surface area contributed by atoms with Crippen LogP contribution >= 0.6 is 0 Å². The molecule has 0 radical (unpaired) electrons. The third-order valence-corrected chi connectivity index (χ3v) is 6.58. The first kappa shape index (κ1) is 19.1. The molecule has 2 saturated heterocycles. The van der Waals surface area contributed by atoms with Crippen molar-refractivity contribution in [1.29, 1.82) is 0 Å². The van der Waals surface area contributed by atoms with Gasteiger partial charge in [-0.05, 0) is 49.8 Å². The molecule has 4 rings (SSSR count). The molecule has 1 aromatic carbocycles. The zero-order valence-electron chi connectivity index (χ0n) is 16.7. The summed E-state index contributed by atoms with van der Waals surface area (Å²) in [6, 6.07) is 12.8. The molecule has 0 spiro atoms. The number of carbonyl (C=O) groups excluding carboxylic acids is 1. The fraction of sp³-hybridized carbons (Fsp3) is 0.478. The first-order valence-electron chi connectivity index (χ1n) is 10.2. The van der Waals surface area contributed by atoms with Crippen LogP contribution in [0.2, 0.25) is 0 Å². The van der Waals surface area contributed by atoms with Crippen molar-refractivity contribution in [3.05, 3.63) is 65.5 Å². The third-order valence-electron chi connectivity index (χ3n) is 6.58. The monoisotopic (exact) mass is 379 g/mol. The highest BCUT2D eigenvalue weighted by molar-refractivity contribution is 5.95. The van der Waals surface area contributed by atoms with Crippen LogP contribution in [-0.4, -0.2) is 47.6 Å². The number of aromatic nitrogens is 1. The second-order valence-corrected chi connectivity index (χ2v) is 8.03. The molecule has 0 aliphatic carbocycles. The van der Waals surface area contributed by atoms with Gasteiger partial charge in [0.1, 0.15) is 0 Å². The Kier molecular flexibility index (Phi) is 5.47. The lowest BCUT2D eigenvalue weighted by molar-refractivity contribution is 0.0638. The number of ether oxygens (including phenoxy) is 1. The number of nitrogens with zero attached hydrogens (tertiary/aromatic N) is 2. The van der Waals surface area contributed by atoms with Crippen LogP contribution < -0.4 is 5.32 Å². The highest BCUT2D eigenvalue weighted by atomic mass is 16.5. The van der Waals surface area contributed by atoms with Crippen molar-refractivity contribution >= 4 is 5.91 Å². The van der Waals surface area contributed by atoms with Crippen LogP contribution in [0, 0.1) is 6.92 Å². The third kappa shape index (κ3) is 3.33. The molecular weight excluding hydrogens is 350 g/mol. The second-order valence-electron chi connectivity index (χ2n) is 8.03. The Morgan fingerprint density at radius 1 is 1.29 bits per heavy atom. The molecule has 2 fully saturated rings. The number of amides is 1. The number of rotatable bonds is 7. The fourth-order valence-electron chi connectivity index (χ4n) is 5.22. The van der Waals surface area contributed by atoms with Crippen molar-refractivity contribution < 1.29 is 9.53 Å². The second kappa shape index (κ2) is 8.02. The minimum atomic E-state index is -0.0434. The van der Waals surface area contributed by atoms with Gasteiger partial charge in [0.25, 0.3) is 5.91 Å². The molecular formula is C23H29N3O2. The molecule has 1 aromatic heterocycles. The zero-order chi connectivity index (χ0) is 19.6. The summed E-state index contributed by atoms with van der Waals surface area (Å²) in [6.07, 6.45) is 8.03. The lowest BCUT2D eigenvalue weighted by Crippen LogP contribution is -2.53. The van der Waals surface area contributed by atoms with Gasteiger partial charge in [0.05, 0.1) is 12.6 Å². The highest BCUT2D eigenvalue weighted by Gasteiger charge is 2.56. The smallest absolute Gasteiger partial charge is 0.252 e. The summed E-state index contributed by atoms with van der Waals surface area (Å²) in [5.41, 5.74) is 2.73. The molecule has 3 heterocycles. The van der Waals surface area contributed by atoms with E-state index in [1.807, 2.05) is 13.0 Å². The molecule has 148 valence electrons. The van der Waals surface area contributed by atoms with E-state index >= 15 is 0 Å². The van der Waals surface area contributed by atoms with Crippen LogP contribution in [0.4, 0.5) is 0 Å². The van der Waals surface area contributed by atoms with Crippen molar-refractivity contribution in [3.8, 4) is 0 Å². The summed E-state index contributed by atoms with van der Waals surface area (Å²) >= 11 is 0. The van der Waals surface area contributed by atoms with Crippen LogP contribution in [-0.2, 0) is 4.74 Å². The number of hydrogen-bond donors (Lipinski definition) is 1. The molecule has 1 unspecified atom stereocenters. The van der Waals surface area contributed by atoms with E-state index in [4.69, 9.17) is 4.74 Å². The highest BCUT2D eigenvalue weighted by Crippen LogP contribution is 2.52. The van der Waals surface area contributed by atoms with E-state index in [0.717, 1.165) is 31.6 Å². The average molecular weight is 380 g/mol. The molecule has 5 heteroatoms. The molecule has 0 saturated carbocycles. The molecule has 1 amide bonds. The molecule has 28 heavy (non-hydrogen) atoms. The Labute approximate surface area is 167 Å². The van der Waals surface area contributed by atoms with Gasteiger partial charge in [-0.2, -0.15) is 0 Å². The molecule has 1 atom stereocenters. The van der Waals surface area contributed by atoms with Crippen LogP contribution in [0.5, 0.6) is 0 Å². The van der Waals surface area contributed by atoms with E-state index in [1.165, 1.54) is 18.4 Å². The number of fused-ring (bicyclic) bond motifs is 2. The standard InChI is InChI=1S/C23H29N3O2/c1-17-16-24-13-10-20(17)22(27)25-21(18-6-4-3-5-7-18)23-11-8-19(9-12-23)26(23)14-15-28-2/h3-7,10,13,16,19,21H,8-9,11-12,14-15H2,1-2H3,(H,25,27). The van der Waals surface area contributed by atoms with Gasteiger partial charge in [0.2, 0.25) is 0 Å². The maximum absolute atomic E-state index is 13.2. The number of hydrogen-bond acceptors (Lipinski definition) is 4. The van der Waals surface area contributed by atoms with Crippen LogP contribution in [0.25, 0.3) is 0 Å². The lowest BCUT2D eigenvalue weighted by Gasteiger charge is -2.42. The number of pyridine rings is 1. The first-order chi connectivity index (χ1) is 13.7. The summed E-state index contributed by atoms with van der Waals surface area (Å²) < 4.78 is 5.39. The Hall–Kier alpha value is -2.24. The quantitative estimate of drug-likeness (QED) is 0.800. The molecule has 2 aliphatic rings. The summed E-state index contributed by atoms with van der Waals surface area (Å²) in [7, 11) is 1.76. The van der Waals surface area contributed by atoms with Crippen molar-refractivity contribution in [2.24, 2.45) is 0 Å². The van der Waals surface area contributed by atoms with Gasteiger partial charge in [-0.15, -0.1) is 0 Å². The summed E-state index contributed by atoms with van der Waals surface area (Å²) in [4.78, 5) is 19.9. The van der Waals surface area contributed by atoms with E-state index in [-0.39, 0.29) is 17.5 Å². The van der Waals surface area contributed by atoms with Crippen molar-refractivity contribution in [3.63, 3.8) is 0 Å². The van der Waals surface area contributed by atoms with Gasteiger partial charge < -0.3 is 10.1 Å². The number of methoxy groups -OCH3 is 1. The zero-order valence-corrected chi connectivity index (χ0v) is 16.7. The van der Waals surface area contributed by atoms with Crippen LogP contribution in [0.1, 0.15) is 53.2 Å². The average Bonchev–Trinajstić information content (AvgIpc) is 3.26. The Bertz CT molecular complexity index is 816. The van der Waals surface area contributed by atoms with Crippen molar-refractivity contribution in [2.75, 3.05) is 20.3 Å². The normalized spacial score (nSPS) is 25.0. The number of carbonyl (C=O) groups is 1. The van der Waals surface area contributed by atoms with Gasteiger partial charge in [0, 0.05) is 43.2 Å². The van der Waals surface area contributed by atoms with Gasteiger partial charge in [-0.3, -0.25) is 14.7 Å². The predicted octanol–water partition coefficient (Wildman–Crippen LogP) is 3.50. The minimum absolute atomic E-state index is 0.0230. The van der Waals surface area contributed by atoms with Gasteiger partial charge in [-0.1, -0.05) is 30.3 Å². The molecule has 2 aliphatic heterocycles. The van der Waals surface area contributed by atoms with E-state index in [9.17, 15) is 4.79 Å². The number of benzene rings is 1. The maximum Gasteiger partial charge on any atom is 0.252 e. The Morgan fingerprint density at radius 3 is 2.71 bits per heavy atom. The minimum Gasteiger partial charge on any atom is -0.383 e. The van der Waals surface area contributed by atoms with Crippen LogP contribution in [0.15, 0.2) is 48.8 Å². The SMILES string of the molecule is COCCN1C2CCC1(C(NC(=O)c1ccncc1C)c1ccccc1)CC2. The summed E-state index contributed by atoms with van der Waals surface area (Å²) in [5.74, 6) is -0.0230. The Morgan fingerprint density at radius 2 is 2.04 bits per heavy atom. The molecule has 2 bridgehead atoms. The molecule has 2 aromatic rings. The first-order valence-corrected chi connectivity index (χ1v) is 10.2. The molecule has 1 N–H and O–H groups in total. The maximum atomic E-state index is 13.2. The number of aryl methyl sites for hydroxylation is 1. The van der Waals surface area contributed by atoms with Crippen molar-refractivity contribution in [1.82, 2.24) is 15.2 Å². The summed E-state index contributed by atoms with van der Waals surface area (Å²) in [5, 5.41) is 3.41. The molecule has 5 nitrogen and oxygen atoms in total. The summed E-state index contributed by atoms with van der Waals surface area (Å²) in [6.45, 7) is 3.57. The van der Waals surface area contributed by atoms with Crippen molar-refractivity contribution in [2.45, 2.75) is 50.2 Å². The van der Waals surface area contributed by atoms with E-state index < -0.39 is 0 Å². The van der Waals surface area contributed by atoms with Gasteiger partial charge in [0.15, 0.2) is 0 Å². The number of nitrogens with one attached hydrogen (secondary N) is 1. The lowest BCUT2D eigenvalue weighted by atomic mass is 9.78. The van der Waals surface area contributed by atoms with Crippen LogP contribution in [0.3, 0.4) is 0 Å². The van der Waals surface area contributed by atoms with Gasteiger partial charge >= 0.3 is 0 Å². The fourth-order valence-corrected chi connectivity index (χ4v) is 5.22. The van der Waals surface area contributed by atoms with Gasteiger partial charge in [-0.25, -0.2) is 0 Å². The van der Waals surface area contributed by atoms with E-state index in [0.29, 0.717) is 11.6 Å². The predicted molar refractivity (Wildman–Crippen MR) is 109 cm³/mol. The van der Waals surface area contributed by atoms with E-state index in [2.05, 4.69) is 39.5 Å². The largest absolute Gasteiger partial charge is 0.383 e.